The van der Waals surface area contributed by atoms with Gasteiger partial charge in [-0.25, -0.2) is 0 Å². The quantitative estimate of drug-likeness (QED) is 0.847. The van der Waals surface area contributed by atoms with Crippen molar-refractivity contribution in [1.29, 1.82) is 0 Å². The highest BCUT2D eigenvalue weighted by molar-refractivity contribution is 7.09. The molecule has 140 valence electrons. The van der Waals surface area contributed by atoms with Crippen molar-refractivity contribution in [3.63, 3.8) is 0 Å². The van der Waals surface area contributed by atoms with Crippen molar-refractivity contribution in [1.82, 2.24) is 20.0 Å². The molecule has 0 bridgehead atoms. The molecule has 0 saturated carbocycles. The van der Waals surface area contributed by atoms with Crippen LogP contribution in [0.5, 0.6) is 0 Å². The van der Waals surface area contributed by atoms with Gasteiger partial charge in [-0.15, -0.1) is 11.3 Å². The van der Waals surface area contributed by atoms with Crippen molar-refractivity contribution in [2.75, 3.05) is 13.1 Å². The minimum atomic E-state index is 0.146. The molecule has 1 fully saturated rings. The van der Waals surface area contributed by atoms with Gasteiger partial charge in [0.15, 0.2) is 5.69 Å². The van der Waals surface area contributed by atoms with Crippen LogP contribution in [0.4, 0.5) is 0 Å². The number of carbonyl (C=O) groups excluding carboxylic acids is 1. The van der Waals surface area contributed by atoms with Gasteiger partial charge in [0.2, 0.25) is 0 Å². The van der Waals surface area contributed by atoms with Gasteiger partial charge in [-0.3, -0.25) is 9.48 Å². The number of thiophene rings is 1. The normalized spacial score (nSPS) is 19.7. The first-order valence-electron chi connectivity index (χ1n) is 9.90. The Kier molecular flexibility index (Phi) is 5.41. The zero-order valence-corrected chi connectivity index (χ0v) is 16.4. The third-order valence-electron chi connectivity index (χ3n) is 5.52. The molecule has 26 heavy (non-hydrogen) atoms. The molecule has 6 heteroatoms. The molecule has 1 N–H and O–H groups in total. The van der Waals surface area contributed by atoms with E-state index < -0.39 is 0 Å². The molecule has 1 aliphatic carbocycles. The second-order valence-electron chi connectivity index (χ2n) is 7.40. The van der Waals surface area contributed by atoms with E-state index in [1.54, 1.807) is 11.3 Å². The third kappa shape index (κ3) is 3.58. The van der Waals surface area contributed by atoms with E-state index in [9.17, 15) is 4.79 Å². The van der Waals surface area contributed by atoms with Crippen LogP contribution in [0.3, 0.4) is 0 Å². The van der Waals surface area contributed by atoms with Gasteiger partial charge in [0.05, 0.1) is 0 Å². The standard InChI is InChI=1S/C20H28N4OS/c1-2-9-24-18-8-7-15(21-14-16-6-5-12-26-16)13-17(18)19(22-24)20(25)23-10-3-4-11-23/h5-6,12,15,21H,2-4,7-11,13-14H2,1H3. The minimum Gasteiger partial charge on any atom is -0.337 e. The van der Waals surface area contributed by atoms with Crippen LogP contribution in [0.15, 0.2) is 17.5 Å². The number of rotatable bonds is 6. The maximum absolute atomic E-state index is 13.0. The Morgan fingerprint density at radius 3 is 2.96 bits per heavy atom. The number of aromatic nitrogens is 2. The Bertz CT molecular complexity index is 746. The molecule has 1 amide bonds. The van der Waals surface area contributed by atoms with E-state index >= 15 is 0 Å². The van der Waals surface area contributed by atoms with Crippen LogP contribution in [0.2, 0.25) is 0 Å². The van der Waals surface area contributed by atoms with Crippen molar-refractivity contribution in [2.45, 2.75) is 64.6 Å². The van der Waals surface area contributed by atoms with E-state index in [1.165, 1.54) is 16.1 Å². The fraction of sp³-hybridized carbons (Fsp3) is 0.600. The summed E-state index contributed by atoms with van der Waals surface area (Å²) in [6.45, 7) is 5.76. The lowest BCUT2D eigenvalue weighted by atomic mass is 9.91. The monoisotopic (exact) mass is 372 g/mol. The van der Waals surface area contributed by atoms with Crippen LogP contribution < -0.4 is 5.32 Å². The second-order valence-corrected chi connectivity index (χ2v) is 8.43. The molecule has 2 aromatic heterocycles. The predicted octanol–water partition coefficient (Wildman–Crippen LogP) is 3.24. The van der Waals surface area contributed by atoms with Gasteiger partial charge in [-0.1, -0.05) is 13.0 Å². The van der Waals surface area contributed by atoms with E-state index in [2.05, 4.69) is 34.4 Å². The Labute approximate surface area is 159 Å². The number of fused-ring (bicyclic) bond motifs is 1. The molecule has 1 atom stereocenters. The Morgan fingerprint density at radius 2 is 2.23 bits per heavy atom. The summed E-state index contributed by atoms with van der Waals surface area (Å²) in [4.78, 5) is 16.4. The number of hydrogen-bond donors (Lipinski definition) is 1. The van der Waals surface area contributed by atoms with Gasteiger partial charge in [-0.2, -0.15) is 5.10 Å². The molecule has 4 rings (SSSR count). The SMILES string of the molecule is CCCn1nc(C(=O)N2CCCC2)c2c1CCC(NCc1cccs1)C2. The van der Waals surface area contributed by atoms with Crippen LogP contribution in [0, 0.1) is 0 Å². The number of nitrogens with one attached hydrogen (secondary N) is 1. The van der Waals surface area contributed by atoms with Crippen molar-refractivity contribution in [3.05, 3.63) is 39.3 Å². The molecule has 0 spiro atoms. The average molecular weight is 373 g/mol. The zero-order valence-electron chi connectivity index (χ0n) is 15.5. The van der Waals surface area contributed by atoms with Crippen LogP contribution in [0.25, 0.3) is 0 Å². The maximum Gasteiger partial charge on any atom is 0.274 e. The third-order valence-corrected chi connectivity index (χ3v) is 6.40. The number of carbonyl (C=O) groups is 1. The number of amides is 1. The molecular weight excluding hydrogens is 344 g/mol. The fourth-order valence-corrected chi connectivity index (χ4v) is 4.81. The largest absolute Gasteiger partial charge is 0.337 e. The summed E-state index contributed by atoms with van der Waals surface area (Å²) in [6.07, 6.45) is 6.33. The van der Waals surface area contributed by atoms with Crippen molar-refractivity contribution in [2.24, 2.45) is 0 Å². The van der Waals surface area contributed by atoms with Crippen LogP contribution >= 0.6 is 11.3 Å². The van der Waals surface area contributed by atoms with Gasteiger partial charge in [-0.05, 0) is 50.0 Å². The minimum absolute atomic E-state index is 0.146. The van der Waals surface area contributed by atoms with Gasteiger partial charge in [0.25, 0.3) is 5.91 Å². The van der Waals surface area contributed by atoms with E-state index in [0.717, 1.165) is 70.4 Å². The number of hydrogen-bond acceptors (Lipinski definition) is 4. The Morgan fingerprint density at radius 1 is 1.38 bits per heavy atom. The molecule has 1 unspecified atom stereocenters. The highest BCUT2D eigenvalue weighted by Crippen LogP contribution is 2.27. The number of aryl methyl sites for hydroxylation is 1. The summed E-state index contributed by atoms with van der Waals surface area (Å²) >= 11 is 1.79. The van der Waals surface area contributed by atoms with E-state index in [4.69, 9.17) is 5.10 Å². The molecular formula is C20H28N4OS. The first-order chi connectivity index (χ1) is 12.8. The Hall–Kier alpha value is -1.66. The van der Waals surface area contributed by atoms with Crippen molar-refractivity contribution < 1.29 is 4.79 Å². The molecule has 1 saturated heterocycles. The van der Waals surface area contributed by atoms with E-state index in [-0.39, 0.29) is 5.91 Å². The summed E-state index contributed by atoms with van der Waals surface area (Å²) in [5.74, 6) is 0.146. The number of likely N-dealkylation sites (tertiary alicyclic amines) is 1. The highest BCUT2D eigenvalue weighted by Gasteiger charge is 2.31. The smallest absolute Gasteiger partial charge is 0.274 e. The van der Waals surface area contributed by atoms with Crippen LogP contribution in [-0.2, 0) is 25.9 Å². The lowest BCUT2D eigenvalue weighted by molar-refractivity contribution is 0.0784. The lowest BCUT2D eigenvalue weighted by Gasteiger charge is -2.25. The first kappa shape index (κ1) is 17.7. The topological polar surface area (TPSA) is 50.2 Å². The molecule has 3 heterocycles. The average Bonchev–Trinajstić information content (AvgIpc) is 3.41. The van der Waals surface area contributed by atoms with Crippen LogP contribution in [0.1, 0.15) is 59.2 Å². The van der Waals surface area contributed by atoms with Crippen LogP contribution in [-0.4, -0.2) is 39.7 Å². The van der Waals surface area contributed by atoms with Crippen molar-refractivity contribution >= 4 is 17.2 Å². The molecule has 0 aromatic carbocycles. The van der Waals surface area contributed by atoms with Crippen molar-refractivity contribution in [3.8, 4) is 0 Å². The summed E-state index contributed by atoms with van der Waals surface area (Å²) in [7, 11) is 0. The van der Waals surface area contributed by atoms with E-state index in [1.807, 2.05) is 4.90 Å². The fourth-order valence-electron chi connectivity index (χ4n) is 4.16. The summed E-state index contributed by atoms with van der Waals surface area (Å²) in [6, 6.07) is 4.70. The second kappa shape index (κ2) is 7.92. The maximum atomic E-state index is 13.0. The van der Waals surface area contributed by atoms with Gasteiger partial charge in [0.1, 0.15) is 0 Å². The highest BCUT2D eigenvalue weighted by atomic mass is 32.1. The lowest BCUT2D eigenvalue weighted by Crippen LogP contribution is -2.35. The van der Waals surface area contributed by atoms with E-state index in [0.29, 0.717) is 6.04 Å². The predicted molar refractivity (Wildman–Crippen MR) is 105 cm³/mol. The summed E-state index contributed by atoms with van der Waals surface area (Å²) < 4.78 is 2.11. The zero-order chi connectivity index (χ0) is 17.9. The first-order valence-corrected chi connectivity index (χ1v) is 10.8. The summed E-state index contributed by atoms with van der Waals surface area (Å²) in [5, 5.41) is 10.6. The molecule has 2 aliphatic rings. The van der Waals surface area contributed by atoms with Gasteiger partial charge >= 0.3 is 0 Å². The molecule has 1 aliphatic heterocycles. The molecule has 2 aromatic rings. The Balaban J connectivity index is 1.53. The molecule has 5 nitrogen and oxygen atoms in total. The van der Waals surface area contributed by atoms with Gasteiger partial charge < -0.3 is 10.2 Å². The van der Waals surface area contributed by atoms with Gasteiger partial charge in [0, 0.05) is 48.4 Å². The number of nitrogens with zero attached hydrogens (tertiary/aromatic N) is 3. The molecule has 0 radical (unpaired) electrons. The summed E-state index contributed by atoms with van der Waals surface area (Å²) in [5.41, 5.74) is 3.21.